The Labute approximate surface area is 228 Å². The molecule has 1 heterocycles. The number of benzene rings is 2. The van der Waals surface area contributed by atoms with Gasteiger partial charge in [-0.15, -0.1) is 0 Å². The summed E-state index contributed by atoms with van der Waals surface area (Å²) < 4.78 is 4.94. The van der Waals surface area contributed by atoms with E-state index >= 15 is 0 Å². The first-order valence-corrected chi connectivity index (χ1v) is 13.8. The van der Waals surface area contributed by atoms with Crippen LogP contribution < -0.4 is 0 Å². The minimum Gasteiger partial charge on any atom is -0.463 e. The highest BCUT2D eigenvalue weighted by atomic mass is 16.5. The molecule has 0 radical (unpaired) electrons. The van der Waals surface area contributed by atoms with Gasteiger partial charge in [-0.25, -0.2) is 0 Å². The summed E-state index contributed by atoms with van der Waals surface area (Å²) in [5, 5.41) is 10.7. The maximum absolute atomic E-state index is 10.7. The maximum atomic E-state index is 10.7. The molecule has 3 aromatic rings. The van der Waals surface area contributed by atoms with Gasteiger partial charge in [0, 0.05) is 28.9 Å². The number of ether oxygens (including phenoxy) is 1. The molecule has 0 fully saturated rings. The molecule has 1 aromatic heterocycles. The molecule has 0 saturated heterocycles. The van der Waals surface area contributed by atoms with Crippen LogP contribution in [0.15, 0.2) is 54.9 Å². The van der Waals surface area contributed by atoms with Crippen molar-refractivity contribution in [3.05, 3.63) is 93.8 Å². The van der Waals surface area contributed by atoms with Crippen molar-refractivity contribution in [3.63, 3.8) is 0 Å². The summed E-state index contributed by atoms with van der Waals surface area (Å²) in [6.45, 7) is 15.8. The van der Waals surface area contributed by atoms with Crippen LogP contribution >= 0.6 is 0 Å². The number of rotatable bonds is 12. The Bertz CT molecular complexity index is 1260. The van der Waals surface area contributed by atoms with Gasteiger partial charge in [-0.2, -0.15) is 0 Å². The van der Waals surface area contributed by atoms with Gasteiger partial charge >= 0.3 is 0 Å². The SMILES string of the molecule is CCC(O)(/C=C/c1ccc(C(CC)(CC)c2cc(C)c(-c3cncc(COC=O)c3)c(C)c2)cc1C)CC. The molecule has 0 amide bonds. The van der Waals surface area contributed by atoms with Gasteiger partial charge in [0.25, 0.3) is 6.47 Å². The smallest absolute Gasteiger partial charge is 0.293 e. The van der Waals surface area contributed by atoms with Crippen LogP contribution in [0, 0.1) is 20.8 Å². The molecule has 38 heavy (non-hydrogen) atoms. The van der Waals surface area contributed by atoms with Crippen molar-refractivity contribution < 1.29 is 14.6 Å². The van der Waals surface area contributed by atoms with E-state index < -0.39 is 5.60 Å². The van der Waals surface area contributed by atoms with Gasteiger partial charge in [0.15, 0.2) is 0 Å². The molecule has 0 aliphatic heterocycles. The lowest BCUT2D eigenvalue weighted by molar-refractivity contribution is -0.129. The van der Waals surface area contributed by atoms with E-state index in [1.807, 2.05) is 32.2 Å². The zero-order valence-corrected chi connectivity index (χ0v) is 24.1. The van der Waals surface area contributed by atoms with E-state index in [4.69, 9.17) is 4.74 Å². The van der Waals surface area contributed by atoms with E-state index in [0.29, 0.717) is 19.3 Å². The number of pyridine rings is 1. The van der Waals surface area contributed by atoms with Crippen LogP contribution in [-0.4, -0.2) is 22.2 Å². The molecule has 202 valence electrons. The second-order valence-electron chi connectivity index (χ2n) is 10.5. The van der Waals surface area contributed by atoms with Crippen molar-refractivity contribution in [3.8, 4) is 11.1 Å². The average Bonchev–Trinajstić information content (AvgIpc) is 2.92. The second kappa shape index (κ2) is 12.5. The number of hydrogen-bond donors (Lipinski definition) is 1. The van der Waals surface area contributed by atoms with E-state index in [1.165, 1.54) is 33.4 Å². The van der Waals surface area contributed by atoms with Gasteiger partial charge in [0.1, 0.15) is 6.61 Å². The van der Waals surface area contributed by atoms with Gasteiger partial charge < -0.3 is 9.84 Å². The molecule has 3 rings (SSSR count). The molecule has 4 heteroatoms. The number of nitrogens with zero attached hydrogens (tertiary/aromatic N) is 1. The van der Waals surface area contributed by atoms with Gasteiger partial charge in [0.2, 0.25) is 0 Å². The van der Waals surface area contributed by atoms with Crippen molar-refractivity contribution >= 4 is 12.5 Å². The van der Waals surface area contributed by atoms with Crippen LogP contribution in [0.3, 0.4) is 0 Å². The lowest BCUT2D eigenvalue weighted by atomic mass is 9.69. The van der Waals surface area contributed by atoms with Crippen molar-refractivity contribution in [2.24, 2.45) is 0 Å². The van der Waals surface area contributed by atoms with Crippen molar-refractivity contribution in [1.29, 1.82) is 0 Å². The third-order valence-electron chi connectivity index (χ3n) is 8.31. The van der Waals surface area contributed by atoms with E-state index in [1.54, 1.807) is 6.20 Å². The maximum Gasteiger partial charge on any atom is 0.293 e. The number of aromatic nitrogens is 1. The Kier molecular flexibility index (Phi) is 9.67. The van der Waals surface area contributed by atoms with E-state index in [0.717, 1.165) is 29.5 Å². The van der Waals surface area contributed by atoms with Crippen molar-refractivity contribution in [2.45, 2.75) is 91.8 Å². The van der Waals surface area contributed by atoms with Gasteiger partial charge in [-0.3, -0.25) is 9.78 Å². The minimum atomic E-state index is -0.755. The molecule has 0 unspecified atom stereocenters. The summed E-state index contributed by atoms with van der Waals surface area (Å²) in [6.07, 6.45) is 11.0. The van der Waals surface area contributed by atoms with E-state index in [2.05, 4.69) is 76.0 Å². The summed E-state index contributed by atoms with van der Waals surface area (Å²) >= 11 is 0. The van der Waals surface area contributed by atoms with Crippen molar-refractivity contribution in [2.75, 3.05) is 0 Å². The van der Waals surface area contributed by atoms with Gasteiger partial charge in [-0.1, -0.05) is 70.2 Å². The third-order valence-corrected chi connectivity index (χ3v) is 8.31. The van der Waals surface area contributed by atoms with Crippen LogP contribution in [0.25, 0.3) is 17.2 Å². The summed E-state index contributed by atoms with van der Waals surface area (Å²) in [7, 11) is 0. The summed E-state index contributed by atoms with van der Waals surface area (Å²) in [5.41, 5.74) is 9.62. The molecular weight excluding hydrogens is 470 g/mol. The van der Waals surface area contributed by atoms with Crippen LogP contribution in [-0.2, 0) is 21.6 Å². The topological polar surface area (TPSA) is 59.4 Å². The summed E-state index contributed by atoms with van der Waals surface area (Å²) in [6, 6.07) is 13.5. The number of carbonyl (C=O) groups is 1. The standard InChI is InChI=1S/C34H43NO3/c1-8-33(37,9-2)15-14-28-12-13-30(16-24(28)5)34(10-3,11-4)31-17-25(6)32(26(7)18-31)29-19-27(20-35-21-29)22-38-23-36/h12-21,23,37H,8-11,22H2,1-7H3/b15-14+. The fraction of sp³-hybridized carbons (Fsp3) is 0.412. The predicted octanol–water partition coefficient (Wildman–Crippen LogP) is 8.02. The zero-order chi connectivity index (χ0) is 27.9. The van der Waals surface area contributed by atoms with Crippen molar-refractivity contribution in [1.82, 2.24) is 4.98 Å². The number of aryl methyl sites for hydroxylation is 3. The Morgan fingerprint density at radius 1 is 0.842 bits per heavy atom. The largest absolute Gasteiger partial charge is 0.463 e. The highest BCUT2D eigenvalue weighted by Crippen LogP contribution is 2.42. The molecule has 1 N–H and O–H groups in total. The minimum absolute atomic E-state index is 0.105. The lowest BCUT2D eigenvalue weighted by Crippen LogP contribution is -2.26. The molecule has 0 atom stereocenters. The molecule has 2 aromatic carbocycles. The molecule has 4 nitrogen and oxygen atoms in total. The quantitative estimate of drug-likeness (QED) is 0.249. The highest BCUT2D eigenvalue weighted by Gasteiger charge is 2.32. The monoisotopic (exact) mass is 513 g/mol. The normalized spacial score (nSPS) is 12.2. The molecule has 0 aliphatic rings. The number of aliphatic hydroxyl groups is 1. The van der Waals surface area contributed by atoms with Crippen LogP contribution in [0.5, 0.6) is 0 Å². The number of carbonyl (C=O) groups excluding carboxylic acids is 1. The average molecular weight is 514 g/mol. The molecule has 0 saturated carbocycles. The van der Waals surface area contributed by atoms with Crippen LogP contribution in [0.1, 0.15) is 92.3 Å². The molecule has 0 spiro atoms. The fourth-order valence-electron chi connectivity index (χ4n) is 5.65. The Morgan fingerprint density at radius 2 is 1.47 bits per heavy atom. The van der Waals surface area contributed by atoms with Crippen LogP contribution in [0.4, 0.5) is 0 Å². The molecule has 0 aliphatic carbocycles. The number of hydrogen-bond acceptors (Lipinski definition) is 4. The summed E-state index contributed by atoms with van der Waals surface area (Å²) in [4.78, 5) is 15.0. The van der Waals surface area contributed by atoms with Crippen LogP contribution in [0.2, 0.25) is 0 Å². The first-order chi connectivity index (χ1) is 18.2. The van der Waals surface area contributed by atoms with E-state index in [9.17, 15) is 9.90 Å². The summed E-state index contributed by atoms with van der Waals surface area (Å²) in [5.74, 6) is 0. The second-order valence-corrected chi connectivity index (χ2v) is 10.5. The van der Waals surface area contributed by atoms with Gasteiger partial charge in [-0.05, 0) is 91.5 Å². The first kappa shape index (κ1) is 29.3. The predicted molar refractivity (Wildman–Crippen MR) is 157 cm³/mol. The highest BCUT2D eigenvalue weighted by molar-refractivity contribution is 5.72. The van der Waals surface area contributed by atoms with E-state index in [-0.39, 0.29) is 12.0 Å². The zero-order valence-electron chi connectivity index (χ0n) is 24.1. The fourth-order valence-corrected chi connectivity index (χ4v) is 5.65. The third kappa shape index (κ3) is 6.07. The first-order valence-electron chi connectivity index (χ1n) is 13.8. The lowest BCUT2D eigenvalue weighted by Gasteiger charge is -2.35. The Morgan fingerprint density at radius 3 is 2.03 bits per heavy atom. The molecule has 0 bridgehead atoms. The Balaban J connectivity index is 2.04. The Hall–Kier alpha value is -3.24. The molecular formula is C34H43NO3. The van der Waals surface area contributed by atoms with Gasteiger partial charge in [0.05, 0.1) is 5.60 Å².